The first-order valence-corrected chi connectivity index (χ1v) is 8.48. The van der Waals surface area contributed by atoms with Crippen LogP contribution >= 0.6 is 0 Å². The van der Waals surface area contributed by atoms with Gasteiger partial charge >= 0.3 is 0 Å². The van der Waals surface area contributed by atoms with Crippen molar-refractivity contribution >= 4 is 10.0 Å². The van der Waals surface area contributed by atoms with E-state index in [0.29, 0.717) is 12.5 Å². The number of nitrogens with one attached hydrogen (secondary N) is 1. The number of hydrogen-bond donors (Lipinski definition) is 2. The lowest BCUT2D eigenvalue weighted by molar-refractivity contribution is 0.282. The van der Waals surface area contributed by atoms with Gasteiger partial charge < -0.3 is 10.0 Å². The van der Waals surface area contributed by atoms with Crippen molar-refractivity contribution in [3.05, 3.63) is 35.4 Å². The Morgan fingerprint density at radius 2 is 1.95 bits per heavy atom. The Balaban J connectivity index is 1.86. The first-order valence-electron chi connectivity index (χ1n) is 6.83. The Hall–Kier alpha value is -0.950. The van der Waals surface area contributed by atoms with E-state index in [9.17, 15) is 8.42 Å². The Labute approximate surface area is 120 Å². The summed E-state index contributed by atoms with van der Waals surface area (Å²) in [6.07, 6.45) is 1.05. The lowest BCUT2D eigenvalue weighted by atomic mass is 10.1. The van der Waals surface area contributed by atoms with E-state index in [2.05, 4.69) is 16.7 Å². The molecule has 1 heterocycles. The Morgan fingerprint density at radius 1 is 1.30 bits per heavy atom. The van der Waals surface area contributed by atoms with Gasteiger partial charge in [-0.3, -0.25) is 0 Å². The summed E-state index contributed by atoms with van der Waals surface area (Å²) < 4.78 is 26.7. The summed E-state index contributed by atoms with van der Waals surface area (Å²) in [4.78, 5) is 2.21. The zero-order valence-corrected chi connectivity index (χ0v) is 12.6. The number of likely N-dealkylation sites (tertiary alicyclic amines) is 1. The van der Waals surface area contributed by atoms with Gasteiger partial charge in [0.05, 0.1) is 12.4 Å². The van der Waals surface area contributed by atoms with Crippen LogP contribution in [0.4, 0.5) is 0 Å². The van der Waals surface area contributed by atoms with Crippen LogP contribution in [0, 0.1) is 5.92 Å². The summed E-state index contributed by atoms with van der Waals surface area (Å²) in [5.74, 6) is 0.396. The maximum absolute atomic E-state index is 12.0. The largest absolute Gasteiger partial charge is 0.392 e. The third-order valence-corrected chi connectivity index (χ3v) is 4.96. The molecule has 1 unspecified atom stereocenters. The molecule has 2 N–H and O–H groups in total. The van der Waals surface area contributed by atoms with Crippen LogP contribution in [0.1, 0.15) is 17.5 Å². The van der Waals surface area contributed by atoms with E-state index in [-0.39, 0.29) is 12.4 Å². The molecule has 0 saturated carbocycles. The van der Waals surface area contributed by atoms with Gasteiger partial charge in [-0.15, -0.1) is 0 Å². The molecular weight excluding hydrogens is 276 g/mol. The summed E-state index contributed by atoms with van der Waals surface area (Å²) in [6.45, 7) is 2.48. The number of rotatable bonds is 6. The third-order valence-electron chi connectivity index (χ3n) is 3.64. The van der Waals surface area contributed by atoms with Crippen molar-refractivity contribution in [2.75, 3.05) is 26.7 Å². The zero-order chi connectivity index (χ0) is 14.6. The number of nitrogens with zero attached hydrogens (tertiary/aromatic N) is 1. The predicted octanol–water partition coefficient (Wildman–Crippen LogP) is 0.550. The molecule has 1 saturated heterocycles. The van der Waals surface area contributed by atoms with Gasteiger partial charge in [0.2, 0.25) is 10.0 Å². The standard InChI is InChI=1S/C14H22N2O3S/c1-16-7-6-14(9-16)8-15-20(18,19)11-13-4-2-12(10-17)3-5-13/h2-5,14-15,17H,6-11H2,1H3. The zero-order valence-electron chi connectivity index (χ0n) is 11.7. The van der Waals surface area contributed by atoms with Gasteiger partial charge in [0.1, 0.15) is 0 Å². The average Bonchev–Trinajstić information content (AvgIpc) is 2.83. The van der Waals surface area contributed by atoms with E-state index in [4.69, 9.17) is 5.11 Å². The highest BCUT2D eigenvalue weighted by molar-refractivity contribution is 7.88. The van der Waals surface area contributed by atoms with E-state index in [1.54, 1.807) is 24.3 Å². The topological polar surface area (TPSA) is 69.6 Å². The van der Waals surface area contributed by atoms with Gasteiger partial charge in [-0.2, -0.15) is 0 Å². The van der Waals surface area contributed by atoms with Gasteiger partial charge in [-0.1, -0.05) is 24.3 Å². The van der Waals surface area contributed by atoms with Crippen molar-refractivity contribution in [1.82, 2.24) is 9.62 Å². The normalized spacial score (nSPS) is 20.4. The highest BCUT2D eigenvalue weighted by Crippen LogP contribution is 2.14. The predicted molar refractivity (Wildman–Crippen MR) is 78.6 cm³/mol. The number of sulfonamides is 1. The molecule has 20 heavy (non-hydrogen) atoms. The van der Waals surface area contributed by atoms with Crippen molar-refractivity contribution < 1.29 is 13.5 Å². The molecule has 1 fully saturated rings. The van der Waals surface area contributed by atoms with E-state index in [1.807, 2.05) is 0 Å². The number of hydrogen-bond acceptors (Lipinski definition) is 4. The molecule has 0 spiro atoms. The second-order valence-electron chi connectivity index (χ2n) is 5.50. The van der Waals surface area contributed by atoms with Crippen molar-refractivity contribution in [3.63, 3.8) is 0 Å². The van der Waals surface area contributed by atoms with E-state index < -0.39 is 10.0 Å². The van der Waals surface area contributed by atoms with E-state index in [0.717, 1.165) is 30.6 Å². The summed E-state index contributed by atoms with van der Waals surface area (Å²) in [5.41, 5.74) is 1.52. The molecule has 112 valence electrons. The van der Waals surface area contributed by atoms with Gasteiger partial charge in [0, 0.05) is 13.1 Å². The fourth-order valence-corrected chi connectivity index (χ4v) is 3.67. The first kappa shape index (κ1) is 15.4. The summed E-state index contributed by atoms with van der Waals surface area (Å²) >= 11 is 0. The lowest BCUT2D eigenvalue weighted by Crippen LogP contribution is -2.31. The SMILES string of the molecule is CN1CCC(CNS(=O)(=O)Cc2ccc(CO)cc2)C1. The minimum absolute atomic E-state index is 0.0126. The monoisotopic (exact) mass is 298 g/mol. The molecule has 1 aliphatic rings. The molecule has 0 aliphatic carbocycles. The molecule has 1 aromatic carbocycles. The van der Waals surface area contributed by atoms with E-state index >= 15 is 0 Å². The first-order chi connectivity index (χ1) is 9.48. The number of aliphatic hydroxyl groups is 1. The number of benzene rings is 1. The molecular formula is C14H22N2O3S. The van der Waals surface area contributed by atoms with Crippen molar-refractivity contribution in [2.45, 2.75) is 18.8 Å². The Kier molecular flexibility index (Phi) is 5.15. The van der Waals surface area contributed by atoms with Crippen LogP contribution in [0.15, 0.2) is 24.3 Å². The van der Waals surface area contributed by atoms with Gasteiger partial charge in [0.25, 0.3) is 0 Å². The Morgan fingerprint density at radius 3 is 2.50 bits per heavy atom. The average molecular weight is 298 g/mol. The summed E-state index contributed by atoms with van der Waals surface area (Å²) in [6, 6.07) is 6.98. The maximum atomic E-state index is 12.0. The van der Waals surface area contributed by atoms with Crippen LogP contribution in [0.2, 0.25) is 0 Å². The Bertz CT molecular complexity index is 528. The highest BCUT2D eigenvalue weighted by Gasteiger charge is 2.21. The fraction of sp³-hybridized carbons (Fsp3) is 0.571. The highest BCUT2D eigenvalue weighted by atomic mass is 32.2. The molecule has 0 radical (unpaired) electrons. The molecule has 6 heteroatoms. The molecule has 1 aliphatic heterocycles. The van der Waals surface area contributed by atoms with Crippen molar-refractivity contribution in [3.8, 4) is 0 Å². The molecule has 0 bridgehead atoms. The second kappa shape index (κ2) is 6.67. The molecule has 2 rings (SSSR count). The van der Waals surface area contributed by atoms with Gasteiger partial charge in [-0.05, 0) is 37.1 Å². The van der Waals surface area contributed by atoms with Gasteiger partial charge in [-0.25, -0.2) is 13.1 Å². The quantitative estimate of drug-likeness (QED) is 0.805. The van der Waals surface area contributed by atoms with Crippen LogP contribution in [-0.2, 0) is 22.4 Å². The molecule has 5 nitrogen and oxygen atoms in total. The summed E-state index contributed by atoms with van der Waals surface area (Å²) in [5, 5.41) is 8.95. The summed E-state index contributed by atoms with van der Waals surface area (Å²) in [7, 11) is -1.24. The van der Waals surface area contributed by atoms with Gasteiger partial charge in [0.15, 0.2) is 0 Å². The van der Waals surface area contributed by atoms with Crippen molar-refractivity contribution in [2.24, 2.45) is 5.92 Å². The van der Waals surface area contributed by atoms with Crippen LogP contribution in [0.5, 0.6) is 0 Å². The third kappa shape index (κ3) is 4.56. The van der Waals surface area contributed by atoms with Crippen molar-refractivity contribution in [1.29, 1.82) is 0 Å². The van der Waals surface area contributed by atoms with Crippen LogP contribution < -0.4 is 4.72 Å². The molecule has 1 atom stereocenters. The molecule has 0 aromatic heterocycles. The second-order valence-corrected chi connectivity index (χ2v) is 7.31. The van der Waals surface area contributed by atoms with Crippen LogP contribution in [0.25, 0.3) is 0 Å². The van der Waals surface area contributed by atoms with Crippen LogP contribution in [-0.4, -0.2) is 45.1 Å². The number of aliphatic hydroxyl groups excluding tert-OH is 1. The minimum Gasteiger partial charge on any atom is -0.392 e. The molecule has 0 amide bonds. The molecule has 1 aromatic rings. The van der Waals surface area contributed by atoms with Crippen LogP contribution in [0.3, 0.4) is 0 Å². The fourth-order valence-electron chi connectivity index (χ4n) is 2.45. The maximum Gasteiger partial charge on any atom is 0.215 e. The minimum atomic E-state index is -3.29. The smallest absolute Gasteiger partial charge is 0.215 e. The lowest BCUT2D eigenvalue weighted by Gasteiger charge is -2.12. The van der Waals surface area contributed by atoms with E-state index in [1.165, 1.54) is 0 Å².